The predicted octanol–water partition coefficient (Wildman–Crippen LogP) is 17.0. The van der Waals surface area contributed by atoms with E-state index in [1.165, 1.54) is 109 Å². The lowest BCUT2D eigenvalue weighted by Crippen LogP contribution is -2.55. The summed E-state index contributed by atoms with van der Waals surface area (Å²) in [5.74, 6) is 3.23. The van der Waals surface area contributed by atoms with E-state index in [4.69, 9.17) is 0 Å². The zero-order chi connectivity index (χ0) is 40.5. The minimum atomic E-state index is 0. The first-order chi connectivity index (χ1) is 30.7. The van der Waals surface area contributed by atoms with E-state index in [-0.39, 0.29) is 12.8 Å². The van der Waals surface area contributed by atoms with E-state index in [0.29, 0.717) is 11.8 Å². The van der Waals surface area contributed by atoms with E-state index < -0.39 is 0 Å². The van der Waals surface area contributed by atoms with Crippen molar-refractivity contribution in [3.8, 4) is 11.1 Å². The number of para-hydroxylation sites is 2. The van der Waals surface area contributed by atoms with Crippen LogP contribution in [-0.4, -0.2) is 0 Å². The molecule has 4 fully saturated rings. The van der Waals surface area contributed by atoms with Crippen molar-refractivity contribution in [2.45, 2.75) is 44.9 Å². The van der Waals surface area contributed by atoms with E-state index in [2.05, 4.69) is 204 Å². The van der Waals surface area contributed by atoms with Gasteiger partial charge >= 0.3 is 0 Å². The molecule has 0 saturated heterocycles. The molecule has 63 heavy (non-hydrogen) atoms. The van der Waals surface area contributed by atoms with Crippen molar-refractivity contribution >= 4 is 77.2 Å². The Bertz CT molecular complexity index is 3320. The molecule has 4 saturated carbocycles. The Morgan fingerprint density at radius 2 is 0.889 bits per heavy atom. The molecular formula is C61H50N2. The van der Waals surface area contributed by atoms with Crippen LogP contribution in [-0.2, 0) is 5.41 Å². The molecule has 15 rings (SSSR count). The van der Waals surface area contributed by atoms with Crippen LogP contribution in [0.2, 0.25) is 0 Å². The van der Waals surface area contributed by atoms with Crippen LogP contribution in [0.5, 0.6) is 0 Å². The number of anilines is 6. The summed E-state index contributed by atoms with van der Waals surface area (Å²) in [4.78, 5) is 5.04. The predicted molar refractivity (Wildman–Crippen MR) is 267 cm³/mol. The van der Waals surface area contributed by atoms with Gasteiger partial charge in [-0.15, -0.1) is 0 Å². The van der Waals surface area contributed by atoms with Gasteiger partial charge in [0.1, 0.15) is 0 Å². The Morgan fingerprint density at radius 3 is 1.54 bits per heavy atom. The molecule has 0 aliphatic heterocycles. The number of hydrogen-bond donors (Lipinski definition) is 0. The maximum absolute atomic E-state index is 2.63. The summed E-state index contributed by atoms with van der Waals surface area (Å²) in [7, 11) is 0. The second-order valence-electron chi connectivity index (χ2n) is 18.9. The molecule has 1 spiro atoms. The van der Waals surface area contributed by atoms with Gasteiger partial charge in [-0.3, -0.25) is 0 Å². The van der Waals surface area contributed by atoms with Crippen molar-refractivity contribution in [1.82, 2.24) is 0 Å². The lowest BCUT2D eigenvalue weighted by Gasteiger charge is -2.61. The first kappa shape index (κ1) is 36.7. The van der Waals surface area contributed by atoms with Crippen molar-refractivity contribution in [1.29, 1.82) is 0 Å². The SMILES string of the molecule is C.c1ccc(N(c2ccccc2)c2ccc3ccc4c(N(c5ccc6ccccc6c5)c5cccc6c5-c5ccccc5C65C6CC7CC(C6)CC5C7)ccc5ccc2c3c54)cc1. The quantitative estimate of drug-likeness (QED) is 0.154. The average Bonchev–Trinajstić information content (AvgIpc) is 3.62. The highest BCUT2D eigenvalue weighted by molar-refractivity contribution is 6.28. The minimum absolute atomic E-state index is 0. The van der Waals surface area contributed by atoms with Crippen LogP contribution in [0.1, 0.15) is 50.7 Å². The van der Waals surface area contributed by atoms with E-state index in [0.717, 1.165) is 23.2 Å². The second kappa shape index (κ2) is 13.8. The van der Waals surface area contributed by atoms with Crippen LogP contribution in [0.3, 0.4) is 0 Å². The molecule has 2 heteroatoms. The molecule has 0 unspecified atom stereocenters. The second-order valence-corrected chi connectivity index (χ2v) is 18.9. The Balaban J connectivity index is 0.00000402. The molecule has 4 bridgehead atoms. The van der Waals surface area contributed by atoms with Gasteiger partial charge in [-0.05, 0) is 159 Å². The van der Waals surface area contributed by atoms with Crippen molar-refractivity contribution in [2.24, 2.45) is 23.7 Å². The first-order valence-electron chi connectivity index (χ1n) is 22.9. The van der Waals surface area contributed by atoms with Gasteiger partial charge in [0.25, 0.3) is 0 Å². The normalized spacial score (nSPS) is 21.6. The zero-order valence-electron chi connectivity index (χ0n) is 34.7. The fraction of sp³-hybridized carbons (Fsp3) is 0.180. The van der Waals surface area contributed by atoms with Gasteiger partial charge in [-0.1, -0.05) is 147 Å². The van der Waals surface area contributed by atoms with Gasteiger partial charge < -0.3 is 9.80 Å². The fourth-order valence-corrected chi connectivity index (χ4v) is 13.8. The highest BCUT2D eigenvalue weighted by Crippen LogP contribution is 2.70. The molecule has 0 aromatic heterocycles. The summed E-state index contributed by atoms with van der Waals surface area (Å²) < 4.78 is 0. The molecule has 5 aliphatic rings. The standard InChI is InChI=1S/C60H46N2.CH4/c1-3-14-46(15-4-1)61(47-16-5-2-6-17-47)54-30-25-41-24-29-51-55(31-26-42-23-28-50(54)57(41)58(42)51)62(48-27-22-40-12-7-8-13-43(40)37-48)56-21-11-20-53-59(56)49-18-9-10-19-52(49)60(53)44-33-38-32-39(35-44)36-45(60)34-38;/h1-31,37-39,44-45H,32-36H2;1H4. The highest BCUT2D eigenvalue weighted by Gasteiger charge is 2.61. The Morgan fingerprint density at radius 1 is 0.365 bits per heavy atom. The van der Waals surface area contributed by atoms with Crippen molar-refractivity contribution < 1.29 is 0 Å². The Kier molecular flexibility index (Phi) is 8.04. The molecule has 5 aliphatic carbocycles. The first-order valence-corrected chi connectivity index (χ1v) is 22.9. The molecule has 0 radical (unpaired) electrons. The third kappa shape index (κ3) is 5.13. The third-order valence-electron chi connectivity index (χ3n) is 15.9. The molecule has 0 amide bonds. The van der Waals surface area contributed by atoms with Gasteiger partial charge in [0.2, 0.25) is 0 Å². The van der Waals surface area contributed by atoms with Gasteiger partial charge in [0, 0.05) is 38.8 Å². The molecular weight excluding hydrogens is 761 g/mol. The number of hydrogen-bond acceptors (Lipinski definition) is 2. The molecule has 304 valence electrons. The highest BCUT2D eigenvalue weighted by atomic mass is 15.2. The lowest BCUT2D eigenvalue weighted by atomic mass is 9.43. The Labute approximate surface area is 370 Å². The number of rotatable bonds is 6. The summed E-state index contributed by atoms with van der Waals surface area (Å²) in [6, 6.07) is 73.3. The topological polar surface area (TPSA) is 6.48 Å². The summed E-state index contributed by atoms with van der Waals surface area (Å²) in [5.41, 5.74) is 13.3. The molecule has 0 heterocycles. The van der Waals surface area contributed by atoms with Crippen LogP contribution in [0.15, 0.2) is 194 Å². The largest absolute Gasteiger partial charge is 0.310 e. The maximum Gasteiger partial charge on any atom is 0.0543 e. The summed E-state index contributed by atoms with van der Waals surface area (Å²) in [5, 5.41) is 10.2. The molecule has 2 nitrogen and oxygen atoms in total. The molecule has 10 aromatic carbocycles. The van der Waals surface area contributed by atoms with Gasteiger partial charge in [-0.25, -0.2) is 0 Å². The number of benzene rings is 10. The van der Waals surface area contributed by atoms with Crippen molar-refractivity contribution in [3.05, 3.63) is 205 Å². The summed E-state index contributed by atoms with van der Waals surface area (Å²) >= 11 is 0. The van der Waals surface area contributed by atoms with Gasteiger partial charge in [0.15, 0.2) is 0 Å². The van der Waals surface area contributed by atoms with E-state index >= 15 is 0 Å². The molecule has 0 N–H and O–H groups in total. The van der Waals surface area contributed by atoms with Gasteiger partial charge in [0.05, 0.1) is 17.1 Å². The summed E-state index contributed by atoms with van der Waals surface area (Å²) in [6.07, 6.45) is 6.97. The van der Waals surface area contributed by atoms with E-state index in [1.54, 1.807) is 11.1 Å². The van der Waals surface area contributed by atoms with Crippen LogP contribution in [0.25, 0.3) is 54.2 Å². The number of nitrogens with zero attached hydrogens (tertiary/aromatic N) is 2. The van der Waals surface area contributed by atoms with E-state index in [9.17, 15) is 0 Å². The summed E-state index contributed by atoms with van der Waals surface area (Å²) in [6.45, 7) is 0. The number of fused-ring (bicyclic) bond motifs is 4. The van der Waals surface area contributed by atoms with Crippen LogP contribution < -0.4 is 9.80 Å². The maximum atomic E-state index is 2.63. The fourth-order valence-electron chi connectivity index (χ4n) is 13.8. The van der Waals surface area contributed by atoms with Crippen molar-refractivity contribution in [2.75, 3.05) is 9.80 Å². The Hall–Kier alpha value is -6.90. The van der Waals surface area contributed by atoms with Crippen molar-refractivity contribution in [3.63, 3.8) is 0 Å². The lowest BCUT2D eigenvalue weighted by molar-refractivity contribution is -0.0399. The van der Waals surface area contributed by atoms with Crippen LogP contribution >= 0.6 is 0 Å². The smallest absolute Gasteiger partial charge is 0.0543 e. The van der Waals surface area contributed by atoms with Gasteiger partial charge in [-0.2, -0.15) is 0 Å². The minimum Gasteiger partial charge on any atom is -0.310 e. The average molecular weight is 811 g/mol. The van der Waals surface area contributed by atoms with Crippen LogP contribution in [0, 0.1) is 23.7 Å². The van der Waals surface area contributed by atoms with E-state index in [1.807, 2.05) is 0 Å². The third-order valence-corrected chi connectivity index (χ3v) is 15.9. The molecule has 10 aromatic rings. The van der Waals surface area contributed by atoms with Crippen LogP contribution in [0.4, 0.5) is 34.1 Å². The molecule has 0 atom stereocenters. The zero-order valence-corrected chi connectivity index (χ0v) is 34.7. The monoisotopic (exact) mass is 810 g/mol.